The normalized spacial score (nSPS) is 10.6. The summed E-state index contributed by atoms with van der Waals surface area (Å²) in [7, 11) is 5.69. The molecule has 26 heavy (non-hydrogen) atoms. The van der Waals surface area contributed by atoms with Gasteiger partial charge in [-0.2, -0.15) is 0 Å². The van der Waals surface area contributed by atoms with Crippen LogP contribution in [0.2, 0.25) is 0 Å². The zero-order valence-electron chi connectivity index (χ0n) is 15.4. The highest BCUT2D eigenvalue weighted by molar-refractivity contribution is 7.10. The van der Waals surface area contributed by atoms with Crippen LogP contribution >= 0.6 is 11.3 Å². The van der Waals surface area contributed by atoms with Gasteiger partial charge < -0.3 is 9.80 Å². The van der Waals surface area contributed by atoms with Crippen LogP contribution in [0.15, 0.2) is 48.1 Å². The minimum absolute atomic E-state index is 0.00336. The number of thiophene rings is 1. The Kier molecular flexibility index (Phi) is 5.32. The van der Waals surface area contributed by atoms with Crippen LogP contribution in [0.1, 0.15) is 20.8 Å². The second kappa shape index (κ2) is 7.66. The van der Waals surface area contributed by atoms with Gasteiger partial charge in [-0.25, -0.2) is 4.98 Å². The summed E-state index contributed by atoms with van der Waals surface area (Å²) in [5, 5.41) is 2.06. The van der Waals surface area contributed by atoms with Gasteiger partial charge in [0.2, 0.25) is 0 Å². The number of hydrogen-bond acceptors (Lipinski definition) is 5. The lowest BCUT2D eigenvalue weighted by atomic mass is 10.1. The van der Waals surface area contributed by atoms with Crippen LogP contribution in [0.25, 0.3) is 11.3 Å². The average molecular weight is 366 g/mol. The van der Waals surface area contributed by atoms with E-state index in [1.54, 1.807) is 28.6 Å². The monoisotopic (exact) mass is 366 g/mol. The largest absolute Gasteiger partial charge is 0.361 e. The van der Waals surface area contributed by atoms with Crippen LogP contribution in [0, 0.1) is 6.92 Å². The summed E-state index contributed by atoms with van der Waals surface area (Å²) in [4.78, 5) is 26.5. The van der Waals surface area contributed by atoms with Gasteiger partial charge in [0.25, 0.3) is 5.91 Å². The van der Waals surface area contributed by atoms with Crippen molar-refractivity contribution < 1.29 is 4.79 Å². The fraction of sp³-hybridized carbons (Fsp3) is 0.250. The van der Waals surface area contributed by atoms with Crippen molar-refractivity contribution in [2.24, 2.45) is 0 Å². The van der Waals surface area contributed by atoms with Crippen molar-refractivity contribution >= 4 is 23.1 Å². The van der Waals surface area contributed by atoms with E-state index >= 15 is 0 Å². The molecule has 0 spiro atoms. The number of anilines is 1. The summed E-state index contributed by atoms with van der Waals surface area (Å²) >= 11 is 1.68. The Hall–Kier alpha value is -2.73. The molecule has 5 nitrogen and oxygen atoms in total. The van der Waals surface area contributed by atoms with Gasteiger partial charge in [-0.15, -0.1) is 11.3 Å². The molecule has 0 saturated heterocycles. The Balaban J connectivity index is 1.83. The van der Waals surface area contributed by atoms with Gasteiger partial charge in [0.05, 0.1) is 24.6 Å². The van der Waals surface area contributed by atoms with E-state index in [0.29, 0.717) is 12.1 Å². The summed E-state index contributed by atoms with van der Waals surface area (Å²) in [5.41, 5.74) is 3.51. The van der Waals surface area contributed by atoms with Gasteiger partial charge in [0.15, 0.2) is 0 Å². The first kappa shape index (κ1) is 18.1. The number of hydrogen-bond donors (Lipinski definition) is 0. The summed E-state index contributed by atoms with van der Waals surface area (Å²) in [6.45, 7) is 2.68. The fourth-order valence-electron chi connectivity index (χ4n) is 2.60. The quantitative estimate of drug-likeness (QED) is 0.688. The number of carbonyl (C=O) groups excluding carboxylic acids is 1. The number of benzene rings is 1. The van der Waals surface area contributed by atoms with Crippen LogP contribution in [-0.2, 0) is 6.54 Å². The molecule has 3 aromatic rings. The summed E-state index contributed by atoms with van der Waals surface area (Å²) in [6, 6.07) is 9.63. The molecule has 0 radical (unpaired) electrons. The maximum atomic E-state index is 12.8. The third-order valence-electron chi connectivity index (χ3n) is 4.18. The Morgan fingerprint density at radius 1 is 1.15 bits per heavy atom. The van der Waals surface area contributed by atoms with E-state index in [1.807, 2.05) is 50.3 Å². The molecular weight excluding hydrogens is 344 g/mol. The molecule has 134 valence electrons. The third-order valence-corrected chi connectivity index (χ3v) is 5.19. The molecule has 6 heteroatoms. The van der Waals surface area contributed by atoms with Crippen LogP contribution in [0.3, 0.4) is 0 Å². The Morgan fingerprint density at radius 2 is 1.96 bits per heavy atom. The van der Waals surface area contributed by atoms with Crippen molar-refractivity contribution in [1.29, 1.82) is 0 Å². The van der Waals surface area contributed by atoms with Crippen LogP contribution in [0.5, 0.6) is 0 Å². The second-order valence-electron chi connectivity index (χ2n) is 6.43. The van der Waals surface area contributed by atoms with Crippen molar-refractivity contribution in [2.75, 3.05) is 26.0 Å². The highest BCUT2D eigenvalue weighted by atomic mass is 32.1. The smallest absolute Gasteiger partial charge is 0.253 e. The molecule has 0 fully saturated rings. The van der Waals surface area contributed by atoms with Gasteiger partial charge in [0.1, 0.15) is 5.82 Å². The van der Waals surface area contributed by atoms with Crippen molar-refractivity contribution in [2.45, 2.75) is 13.5 Å². The lowest BCUT2D eigenvalue weighted by Crippen LogP contribution is -2.26. The predicted molar refractivity (Wildman–Crippen MR) is 107 cm³/mol. The standard InChI is InChI=1S/C20H22N4OS/c1-14-8-9-26-18(14)13-24(4)20(25)16-7-5-6-15(10-16)17-11-21-12-19(22-17)23(2)3/h5-12H,13H2,1-4H3. The Bertz CT molecular complexity index is 919. The third kappa shape index (κ3) is 3.91. The number of nitrogens with zero attached hydrogens (tertiary/aromatic N) is 4. The molecule has 0 bridgehead atoms. The lowest BCUT2D eigenvalue weighted by Gasteiger charge is -2.17. The van der Waals surface area contributed by atoms with E-state index in [4.69, 9.17) is 0 Å². The van der Waals surface area contributed by atoms with Gasteiger partial charge >= 0.3 is 0 Å². The topological polar surface area (TPSA) is 49.3 Å². The SMILES string of the molecule is Cc1ccsc1CN(C)C(=O)c1cccc(-c2cncc(N(C)C)n2)c1. The van der Waals surface area contributed by atoms with Crippen LogP contribution < -0.4 is 4.90 Å². The summed E-state index contributed by atoms with van der Waals surface area (Å²) < 4.78 is 0. The maximum Gasteiger partial charge on any atom is 0.253 e. The molecule has 2 heterocycles. The second-order valence-corrected chi connectivity index (χ2v) is 7.43. The van der Waals surface area contributed by atoms with E-state index in [2.05, 4.69) is 28.3 Å². The minimum atomic E-state index is -0.00336. The first-order chi connectivity index (χ1) is 12.5. The zero-order valence-corrected chi connectivity index (χ0v) is 16.2. The van der Waals surface area contributed by atoms with Gasteiger partial charge in [-0.3, -0.25) is 9.78 Å². The number of amides is 1. The van der Waals surface area contributed by atoms with Crippen molar-refractivity contribution in [3.8, 4) is 11.3 Å². The number of aromatic nitrogens is 2. The molecule has 3 rings (SSSR count). The van der Waals surface area contributed by atoms with Crippen LogP contribution in [-0.4, -0.2) is 41.9 Å². The first-order valence-electron chi connectivity index (χ1n) is 8.34. The molecule has 0 N–H and O–H groups in total. The Labute approximate surface area is 157 Å². The number of aryl methyl sites for hydroxylation is 1. The summed E-state index contributed by atoms with van der Waals surface area (Å²) in [6.07, 6.45) is 3.44. The molecule has 1 amide bonds. The molecule has 0 aliphatic carbocycles. The van der Waals surface area contributed by atoms with E-state index in [-0.39, 0.29) is 5.91 Å². The zero-order chi connectivity index (χ0) is 18.7. The lowest BCUT2D eigenvalue weighted by molar-refractivity contribution is 0.0786. The highest BCUT2D eigenvalue weighted by Gasteiger charge is 2.15. The molecule has 0 atom stereocenters. The van der Waals surface area contributed by atoms with E-state index < -0.39 is 0 Å². The fourth-order valence-corrected chi connectivity index (χ4v) is 3.55. The number of carbonyl (C=O) groups is 1. The molecule has 0 saturated carbocycles. The van der Waals surface area contributed by atoms with Gasteiger partial charge in [0, 0.05) is 37.1 Å². The minimum Gasteiger partial charge on any atom is -0.361 e. The summed E-state index contributed by atoms with van der Waals surface area (Å²) in [5.74, 6) is 0.779. The van der Waals surface area contributed by atoms with Crippen molar-refractivity contribution in [1.82, 2.24) is 14.9 Å². The van der Waals surface area contributed by atoms with E-state index in [9.17, 15) is 4.79 Å². The molecule has 0 aliphatic rings. The first-order valence-corrected chi connectivity index (χ1v) is 9.22. The molecule has 2 aromatic heterocycles. The number of rotatable bonds is 5. The van der Waals surface area contributed by atoms with E-state index in [0.717, 1.165) is 17.1 Å². The predicted octanol–water partition coefficient (Wildman–Crippen LogP) is 3.85. The highest BCUT2D eigenvalue weighted by Crippen LogP contribution is 2.22. The van der Waals surface area contributed by atoms with E-state index in [1.165, 1.54) is 10.4 Å². The van der Waals surface area contributed by atoms with Gasteiger partial charge in [-0.05, 0) is 36.1 Å². The van der Waals surface area contributed by atoms with Crippen LogP contribution in [0.4, 0.5) is 5.82 Å². The molecular formula is C20H22N4OS. The maximum absolute atomic E-state index is 12.8. The Morgan fingerprint density at radius 3 is 2.65 bits per heavy atom. The molecule has 1 aromatic carbocycles. The van der Waals surface area contributed by atoms with Gasteiger partial charge in [-0.1, -0.05) is 12.1 Å². The molecule has 0 unspecified atom stereocenters. The molecule has 0 aliphatic heterocycles. The van der Waals surface area contributed by atoms with Crippen molar-refractivity contribution in [3.05, 3.63) is 64.1 Å². The average Bonchev–Trinajstić information content (AvgIpc) is 3.06. The van der Waals surface area contributed by atoms with Crippen molar-refractivity contribution in [3.63, 3.8) is 0 Å².